The van der Waals surface area contributed by atoms with Gasteiger partial charge in [0.25, 0.3) is 0 Å². The summed E-state index contributed by atoms with van der Waals surface area (Å²) < 4.78 is 36.8. The normalized spacial score (nSPS) is 29.5. The van der Waals surface area contributed by atoms with E-state index in [0.717, 1.165) is 5.57 Å². The van der Waals surface area contributed by atoms with E-state index in [2.05, 4.69) is 87.7 Å². The molecule has 0 N–H and O–H groups in total. The van der Waals surface area contributed by atoms with Gasteiger partial charge in [0, 0.05) is 38.9 Å². The molecule has 0 aromatic heterocycles. The fourth-order valence-electron chi connectivity index (χ4n) is 4.64. The molecule has 0 radical (unpaired) electrons. The van der Waals surface area contributed by atoms with E-state index in [1.807, 2.05) is 6.92 Å². The largest absolute Gasteiger partial charge is 0.459 e. The molecule has 1 aliphatic rings. The van der Waals surface area contributed by atoms with Crippen LogP contribution < -0.4 is 0 Å². The molecule has 0 fully saturated rings. The lowest BCUT2D eigenvalue weighted by molar-refractivity contribution is -0.154. The van der Waals surface area contributed by atoms with Crippen LogP contribution in [0, 0.1) is 11.8 Å². The van der Waals surface area contributed by atoms with Crippen LogP contribution in [0.25, 0.3) is 0 Å². The minimum absolute atomic E-state index is 0.0142. The van der Waals surface area contributed by atoms with Crippen LogP contribution in [0.4, 0.5) is 0 Å². The minimum Gasteiger partial charge on any atom is -0.459 e. The van der Waals surface area contributed by atoms with Gasteiger partial charge in [0.15, 0.2) is 16.6 Å². The van der Waals surface area contributed by atoms with Gasteiger partial charge in [-0.3, -0.25) is 9.59 Å². The zero-order valence-electron chi connectivity index (χ0n) is 29.3. The van der Waals surface area contributed by atoms with Crippen molar-refractivity contribution >= 4 is 28.4 Å². The molecule has 0 bridgehead atoms. The van der Waals surface area contributed by atoms with Crippen molar-refractivity contribution in [2.75, 3.05) is 27.6 Å². The van der Waals surface area contributed by atoms with Crippen LogP contribution in [-0.4, -0.2) is 80.4 Å². The highest BCUT2D eigenvalue weighted by molar-refractivity contribution is 6.74. The van der Waals surface area contributed by atoms with Crippen molar-refractivity contribution in [3.8, 4) is 0 Å². The number of carbonyl (C=O) groups excluding carboxylic acids is 2. The predicted molar refractivity (Wildman–Crippen MR) is 174 cm³/mol. The maximum absolute atomic E-state index is 13.2. The van der Waals surface area contributed by atoms with E-state index in [9.17, 15) is 9.59 Å². The number of methoxy groups -OCH3 is 2. The van der Waals surface area contributed by atoms with Gasteiger partial charge in [-0.15, -0.1) is 0 Å². The van der Waals surface area contributed by atoms with Crippen LogP contribution in [0.2, 0.25) is 36.3 Å². The van der Waals surface area contributed by atoms with Crippen LogP contribution in [0.3, 0.4) is 0 Å². The maximum Gasteiger partial charge on any atom is 0.313 e. The number of ketones is 1. The fourth-order valence-corrected chi connectivity index (χ4v) is 7.14. The summed E-state index contributed by atoms with van der Waals surface area (Å²) in [5.41, 5.74) is 1.03. The van der Waals surface area contributed by atoms with E-state index in [-0.39, 0.29) is 66.1 Å². The first-order valence-electron chi connectivity index (χ1n) is 15.4. The van der Waals surface area contributed by atoms with E-state index in [1.165, 1.54) is 0 Å². The van der Waals surface area contributed by atoms with Crippen molar-refractivity contribution in [2.45, 2.75) is 142 Å². The van der Waals surface area contributed by atoms with Gasteiger partial charge in [0.1, 0.15) is 25.1 Å². The highest BCUT2D eigenvalue weighted by Crippen LogP contribution is 2.41. The lowest BCUT2D eigenvalue weighted by Gasteiger charge is -2.45. The highest BCUT2D eigenvalue weighted by atomic mass is 28.4. The van der Waals surface area contributed by atoms with Gasteiger partial charge in [0.05, 0.1) is 24.9 Å². The Kier molecular flexibility index (Phi) is 14.8. The molecule has 10 heteroatoms. The summed E-state index contributed by atoms with van der Waals surface area (Å²) in [4.78, 5) is 26.3. The van der Waals surface area contributed by atoms with E-state index in [0.29, 0.717) is 6.42 Å². The molecule has 0 amide bonds. The monoisotopic (exact) mass is 630 g/mol. The molecule has 0 unspecified atom stereocenters. The predicted octanol–water partition coefficient (Wildman–Crippen LogP) is 7.29. The molecular formula is C32H62O8Si2. The van der Waals surface area contributed by atoms with Crippen molar-refractivity contribution < 1.29 is 37.4 Å². The van der Waals surface area contributed by atoms with Crippen molar-refractivity contribution in [1.29, 1.82) is 0 Å². The molecule has 6 atom stereocenters. The topological polar surface area (TPSA) is 89.5 Å². The van der Waals surface area contributed by atoms with Gasteiger partial charge in [-0.2, -0.15) is 0 Å². The van der Waals surface area contributed by atoms with E-state index >= 15 is 0 Å². The molecule has 0 saturated carbocycles. The van der Waals surface area contributed by atoms with Gasteiger partial charge in [0.2, 0.25) is 0 Å². The van der Waals surface area contributed by atoms with E-state index in [1.54, 1.807) is 14.2 Å². The number of hydrogen-bond acceptors (Lipinski definition) is 8. The third-order valence-corrected chi connectivity index (χ3v) is 18.5. The number of Topliss-reactive ketones (excluding diaryl/α,β-unsaturated/α-hetero) is 1. The van der Waals surface area contributed by atoms with Crippen molar-refractivity contribution in [1.82, 2.24) is 0 Å². The Hall–Kier alpha value is -0.886. The summed E-state index contributed by atoms with van der Waals surface area (Å²) in [6.07, 6.45) is 0.808. The molecular weight excluding hydrogens is 569 g/mol. The molecule has 1 heterocycles. The summed E-state index contributed by atoms with van der Waals surface area (Å²) in [5.74, 6) is -1.00. The second-order valence-electron chi connectivity index (χ2n) is 15.2. The van der Waals surface area contributed by atoms with Crippen LogP contribution in [0.15, 0.2) is 11.6 Å². The molecule has 42 heavy (non-hydrogen) atoms. The average molecular weight is 631 g/mol. The van der Waals surface area contributed by atoms with Crippen molar-refractivity contribution in [3.63, 3.8) is 0 Å². The van der Waals surface area contributed by atoms with Gasteiger partial charge >= 0.3 is 5.97 Å². The Labute approximate surface area is 258 Å². The van der Waals surface area contributed by atoms with E-state index in [4.69, 9.17) is 27.8 Å². The Bertz CT molecular complexity index is 903. The maximum atomic E-state index is 13.2. The third kappa shape index (κ3) is 11.6. The lowest BCUT2D eigenvalue weighted by atomic mass is 9.83. The van der Waals surface area contributed by atoms with Crippen LogP contribution >= 0.6 is 0 Å². The quantitative estimate of drug-likeness (QED) is 0.0863. The molecule has 0 aliphatic carbocycles. The van der Waals surface area contributed by atoms with Gasteiger partial charge in [-0.05, 0) is 43.2 Å². The van der Waals surface area contributed by atoms with Crippen LogP contribution in [0.1, 0.15) is 81.6 Å². The molecule has 0 spiro atoms. The number of rotatable bonds is 9. The number of carbonyl (C=O) groups is 2. The minimum atomic E-state index is -2.22. The number of hydrogen-bond donors (Lipinski definition) is 0. The Morgan fingerprint density at radius 3 is 1.98 bits per heavy atom. The van der Waals surface area contributed by atoms with Gasteiger partial charge < -0.3 is 27.8 Å². The molecule has 1 rings (SSSR count). The summed E-state index contributed by atoms with van der Waals surface area (Å²) in [6.45, 7) is 28.6. The van der Waals surface area contributed by atoms with Gasteiger partial charge in [-0.25, -0.2) is 0 Å². The standard InChI is InChI=1S/C32H62O8Si2/c1-22-16-26(20-38-41(12,13)31(4,5)6)39-29(34)19-25(33)18-28(37-21-35-10)24(3)30(23(2)27(17-22)36-11)40-42(14,15)32(7,8)9/h17,23-24,26-28,30H,16,18-21H2,1-15H3/b22-17+/t23-,24-,26+,27-,28+,30+/m1/s1. The molecule has 0 saturated heterocycles. The lowest BCUT2D eigenvalue weighted by Crippen LogP contribution is -2.51. The highest BCUT2D eigenvalue weighted by Gasteiger charge is 2.45. The molecule has 0 aromatic rings. The van der Waals surface area contributed by atoms with Gasteiger partial charge in [-0.1, -0.05) is 67.0 Å². The number of cyclic esters (lactones) is 1. The third-order valence-electron chi connectivity index (χ3n) is 9.55. The molecule has 1 aliphatic heterocycles. The first-order chi connectivity index (χ1) is 19.1. The summed E-state index contributed by atoms with van der Waals surface area (Å²) in [6, 6.07) is 0. The first kappa shape index (κ1) is 39.1. The van der Waals surface area contributed by atoms with Crippen molar-refractivity contribution in [3.05, 3.63) is 11.6 Å². The zero-order valence-corrected chi connectivity index (χ0v) is 31.3. The smallest absolute Gasteiger partial charge is 0.313 e. The van der Waals surface area contributed by atoms with Crippen molar-refractivity contribution in [2.24, 2.45) is 11.8 Å². The Morgan fingerprint density at radius 1 is 0.905 bits per heavy atom. The zero-order chi connectivity index (χ0) is 32.7. The van der Waals surface area contributed by atoms with E-state index < -0.39 is 34.8 Å². The first-order valence-corrected chi connectivity index (χ1v) is 21.2. The van der Waals surface area contributed by atoms with Crippen LogP contribution in [-0.2, 0) is 37.4 Å². The van der Waals surface area contributed by atoms with Crippen LogP contribution in [0.5, 0.6) is 0 Å². The average Bonchev–Trinajstić information content (AvgIpc) is 2.84. The number of ether oxygens (including phenoxy) is 4. The SMILES string of the molecule is COCO[C@H]1CC(=O)CC(=O)O[C@H](CO[Si](C)(C)C(C)(C)C)C/C(C)=C/[C@@H](OC)[C@@H](C)[C@H](O[Si](C)(C)C(C)(C)C)[C@@H]1C. The summed E-state index contributed by atoms with van der Waals surface area (Å²) in [7, 11) is -1.04. The molecule has 246 valence electrons. The summed E-state index contributed by atoms with van der Waals surface area (Å²) >= 11 is 0. The second-order valence-corrected chi connectivity index (χ2v) is 24.8. The molecule has 8 nitrogen and oxygen atoms in total. The Balaban J connectivity index is 3.57. The summed E-state index contributed by atoms with van der Waals surface area (Å²) in [5, 5.41) is 0.00271. The fraction of sp³-hybridized carbons (Fsp3) is 0.875. The number of esters is 1. The molecule has 0 aromatic carbocycles. The second kappa shape index (κ2) is 15.9. The Morgan fingerprint density at radius 2 is 1.48 bits per heavy atom.